The van der Waals surface area contributed by atoms with Crippen molar-refractivity contribution in [2.24, 2.45) is 5.92 Å². The summed E-state index contributed by atoms with van der Waals surface area (Å²) in [5.41, 5.74) is 0. The van der Waals surface area contributed by atoms with Crippen LogP contribution in [0.4, 0.5) is 0 Å². The molecule has 1 amide bonds. The lowest BCUT2D eigenvalue weighted by molar-refractivity contribution is -0.130. The molecule has 0 saturated carbocycles. The van der Waals surface area contributed by atoms with Gasteiger partial charge in [-0.3, -0.25) is 4.79 Å². The summed E-state index contributed by atoms with van der Waals surface area (Å²) >= 11 is 5.13. The Balaban J connectivity index is 0.00000180. The smallest absolute Gasteiger partial charge is 0.222 e. The van der Waals surface area contributed by atoms with E-state index < -0.39 is 0 Å². The quantitative estimate of drug-likeness (QED) is 0.866. The molecule has 19 heavy (non-hydrogen) atoms. The molecule has 0 aliphatic carbocycles. The molecule has 0 spiro atoms. The molecular formula is C13H20BrClN2OS. The summed E-state index contributed by atoms with van der Waals surface area (Å²) in [5, 5.41) is 3.34. The third-order valence-electron chi connectivity index (χ3n) is 3.38. The standard InChI is InChI=1S/C13H19BrN2OS.ClH/c1-16(9-11-3-4-12(14)18-11)13(17)5-2-10-6-7-15-8-10;/h3-4,10,15H,2,5-9H2,1H3;1H. The number of nitrogens with zero attached hydrogens (tertiary/aromatic N) is 1. The van der Waals surface area contributed by atoms with E-state index in [4.69, 9.17) is 0 Å². The second kappa shape index (κ2) is 8.25. The Kier molecular flexibility index (Phi) is 7.36. The second-order valence-electron chi connectivity index (χ2n) is 4.85. The van der Waals surface area contributed by atoms with Gasteiger partial charge in [0.05, 0.1) is 10.3 Å². The molecule has 108 valence electrons. The molecule has 1 aliphatic heterocycles. The van der Waals surface area contributed by atoms with Crippen LogP contribution < -0.4 is 5.32 Å². The predicted octanol–water partition coefficient (Wildman–Crippen LogP) is 3.28. The summed E-state index contributed by atoms with van der Waals surface area (Å²) in [7, 11) is 1.89. The van der Waals surface area contributed by atoms with E-state index in [0.29, 0.717) is 12.3 Å². The van der Waals surface area contributed by atoms with Crippen LogP contribution in [-0.4, -0.2) is 30.9 Å². The zero-order valence-corrected chi connectivity index (χ0v) is 14.2. The van der Waals surface area contributed by atoms with Crippen LogP contribution in [-0.2, 0) is 11.3 Å². The van der Waals surface area contributed by atoms with Crippen molar-refractivity contribution in [1.82, 2.24) is 10.2 Å². The van der Waals surface area contributed by atoms with Crippen LogP contribution in [0.3, 0.4) is 0 Å². The lowest BCUT2D eigenvalue weighted by Gasteiger charge is -2.17. The highest BCUT2D eigenvalue weighted by Gasteiger charge is 2.17. The summed E-state index contributed by atoms with van der Waals surface area (Å²) in [6.45, 7) is 2.91. The first-order valence-corrected chi connectivity index (χ1v) is 7.95. The zero-order valence-electron chi connectivity index (χ0n) is 11.0. The summed E-state index contributed by atoms with van der Waals surface area (Å²) in [5.74, 6) is 0.949. The van der Waals surface area contributed by atoms with Crippen LogP contribution in [0.25, 0.3) is 0 Å². The molecule has 1 aliphatic rings. The minimum Gasteiger partial charge on any atom is -0.341 e. The third-order valence-corrected chi connectivity index (χ3v) is 4.98. The van der Waals surface area contributed by atoms with Crippen LogP contribution in [0.5, 0.6) is 0 Å². The molecule has 1 atom stereocenters. The number of carbonyl (C=O) groups excluding carboxylic acids is 1. The van der Waals surface area contributed by atoms with Gasteiger partial charge in [-0.1, -0.05) is 0 Å². The number of amides is 1. The fraction of sp³-hybridized carbons (Fsp3) is 0.615. The van der Waals surface area contributed by atoms with E-state index in [1.54, 1.807) is 11.3 Å². The Hall–Kier alpha value is -0.100. The maximum atomic E-state index is 12.0. The second-order valence-corrected chi connectivity index (χ2v) is 7.40. The van der Waals surface area contributed by atoms with E-state index in [9.17, 15) is 4.79 Å². The van der Waals surface area contributed by atoms with Crippen molar-refractivity contribution in [3.05, 3.63) is 20.8 Å². The van der Waals surface area contributed by atoms with Crippen molar-refractivity contribution in [3.8, 4) is 0 Å². The molecule has 3 nitrogen and oxygen atoms in total. The van der Waals surface area contributed by atoms with Crippen molar-refractivity contribution in [2.45, 2.75) is 25.8 Å². The Morgan fingerprint density at radius 2 is 2.37 bits per heavy atom. The van der Waals surface area contributed by atoms with E-state index in [0.717, 1.165) is 29.8 Å². The van der Waals surface area contributed by atoms with Crippen LogP contribution in [0.1, 0.15) is 24.1 Å². The summed E-state index contributed by atoms with van der Waals surface area (Å²) in [4.78, 5) is 15.1. The first-order valence-electron chi connectivity index (χ1n) is 6.34. The van der Waals surface area contributed by atoms with E-state index >= 15 is 0 Å². The lowest BCUT2D eigenvalue weighted by atomic mass is 10.0. The van der Waals surface area contributed by atoms with Gasteiger partial charge in [0.25, 0.3) is 0 Å². The van der Waals surface area contributed by atoms with Gasteiger partial charge in [0, 0.05) is 18.3 Å². The van der Waals surface area contributed by atoms with Crippen LogP contribution in [0, 0.1) is 5.92 Å². The van der Waals surface area contributed by atoms with Gasteiger partial charge >= 0.3 is 0 Å². The minimum absolute atomic E-state index is 0. The SMILES string of the molecule is CN(Cc1ccc(Br)s1)C(=O)CCC1CCNC1.Cl. The fourth-order valence-corrected chi connectivity index (χ4v) is 3.77. The van der Waals surface area contributed by atoms with Gasteiger partial charge < -0.3 is 10.2 Å². The average molecular weight is 368 g/mol. The maximum Gasteiger partial charge on any atom is 0.222 e. The minimum atomic E-state index is 0. The van der Waals surface area contributed by atoms with Gasteiger partial charge in [-0.25, -0.2) is 0 Å². The molecule has 1 N–H and O–H groups in total. The molecule has 1 unspecified atom stereocenters. The predicted molar refractivity (Wildman–Crippen MR) is 86.0 cm³/mol. The molecule has 6 heteroatoms. The normalized spacial score (nSPS) is 18.1. The van der Waals surface area contributed by atoms with E-state index in [-0.39, 0.29) is 18.3 Å². The molecule has 1 aromatic heterocycles. The summed E-state index contributed by atoms with van der Waals surface area (Å²) in [6, 6.07) is 4.10. The maximum absolute atomic E-state index is 12.0. The third kappa shape index (κ3) is 5.42. The Morgan fingerprint density at radius 1 is 1.58 bits per heavy atom. The van der Waals surface area contributed by atoms with Crippen LogP contribution in [0.2, 0.25) is 0 Å². The van der Waals surface area contributed by atoms with Crippen molar-refractivity contribution >= 4 is 45.6 Å². The molecule has 2 heterocycles. The molecule has 1 fully saturated rings. The van der Waals surface area contributed by atoms with Gasteiger partial charge in [-0.2, -0.15) is 0 Å². The summed E-state index contributed by atoms with van der Waals surface area (Å²) in [6.07, 6.45) is 2.91. The highest BCUT2D eigenvalue weighted by molar-refractivity contribution is 9.11. The van der Waals surface area contributed by atoms with E-state index in [1.807, 2.05) is 18.0 Å². The lowest BCUT2D eigenvalue weighted by Crippen LogP contribution is -2.26. The molecule has 0 bridgehead atoms. The largest absolute Gasteiger partial charge is 0.341 e. The Bertz CT molecular complexity index is 407. The van der Waals surface area contributed by atoms with Crippen molar-refractivity contribution in [2.75, 3.05) is 20.1 Å². The van der Waals surface area contributed by atoms with Gasteiger partial charge in [-0.05, 0) is 59.9 Å². The van der Waals surface area contributed by atoms with Gasteiger partial charge in [0.1, 0.15) is 0 Å². The fourth-order valence-electron chi connectivity index (χ4n) is 2.24. The highest BCUT2D eigenvalue weighted by Crippen LogP contribution is 2.23. The first-order chi connectivity index (χ1) is 8.65. The number of hydrogen-bond acceptors (Lipinski definition) is 3. The Labute approximate surface area is 133 Å². The molecular weight excluding hydrogens is 348 g/mol. The van der Waals surface area contributed by atoms with Gasteiger partial charge in [0.15, 0.2) is 0 Å². The number of carbonyl (C=O) groups is 1. The Morgan fingerprint density at radius 3 is 2.95 bits per heavy atom. The number of halogens is 2. The van der Waals surface area contributed by atoms with Crippen LogP contribution >= 0.6 is 39.7 Å². The monoisotopic (exact) mass is 366 g/mol. The molecule has 0 aromatic carbocycles. The molecule has 2 rings (SSSR count). The molecule has 1 aromatic rings. The highest BCUT2D eigenvalue weighted by atomic mass is 79.9. The first kappa shape index (κ1) is 17.0. The number of rotatable bonds is 5. The summed E-state index contributed by atoms with van der Waals surface area (Å²) < 4.78 is 1.12. The van der Waals surface area contributed by atoms with Gasteiger partial charge in [0.2, 0.25) is 5.91 Å². The van der Waals surface area contributed by atoms with Crippen molar-refractivity contribution < 1.29 is 4.79 Å². The zero-order chi connectivity index (χ0) is 13.0. The number of nitrogens with one attached hydrogen (secondary N) is 1. The van der Waals surface area contributed by atoms with E-state index in [1.165, 1.54) is 11.3 Å². The van der Waals surface area contributed by atoms with Crippen molar-refractivity contribution in [3.63, 3.8) is 0 Å². The van der Waals surface area contributed by atoms with E-state index in [2.05, 4.69) is 27.3 Å². The topological polar surface area (TPSA) is 32.3 Å². The van der Waals surface area contributed by atoms with Gasteiger partial charge in [-0.15, -0.1) is 23.7 Å². The number of hydrogen-bond donors (Lipinski definition) is 1. The van der Waals surface area contributed by atoms with Crippen LogP contribution in [0.15, 0.2) is 15.9 Å². The average Bonchev–Trinajstić information content (AvgIpc) is 2.97. The molecule has 0 radical (unpaired) electrons. The molecule has 1 saturated heterocycles. The van der Waals surface area contributed by atoms with Crippen molar-refractivity contribution in [1.29, 1.82) is 0 Å². The number of thiophene rings is 1.